The Hall–Kier alpha value is -7.21. The van der Waals surface area contributed by atoms with Gasteiger partial charge in [0.15, 0.2) is 17.5 Å². The number of nitrogens with zero attached hydrogens (tertiary/aromatic N) is 4. The molecule has 11 rings (SSSR count). The number of benzene rings is 8. The van der Waals surface area contributed by atoms with Crippen molar-refractivity contribution >= 4 is 53.3 Å². The predicted octanol–water partition coefficient (Wildman–Crippen LogP) is 13.7. The Morgan fingerprint density at radius 1 is 0.411 bits per heavy atom. The van der Waals surface area contributed by atoms with Crippen LogP contribution >= 0.6 is 11.3 Å². The quantitative estimate of drug-likeness (QED) is 0.170. The van der Waals surface area contributed by atoms with Crippen LogP contribution in [0.1, 0.15) is 11.0 Å². The molecule has 5 heteroatoms. The first-order chi connectivity index (χ1) is 31.1. The highest BCUT2D eigenvalue weighted by atomic mass is 32.1. The lowest BCUT2D eigenvalue weighted by Gasteiger charge is -2.16. The van der Waals surface area contributed by atoms with Crippen molar-refractivity contribution in [2.45, 2.75) is 0 Å². The van der Waals surface area contributed by atoms with E-state index >= 15 is 0 Å². The van der Waals surface area contributed by atoms with E-state index in [-0.39, 0.29) is 27.6 Å². The van der Waals surface area contributed by atoms with Gasteiger partial charge in [0, 0.05) is 47.6 Å². The van der Waals surface area contributed by atoms with Gasteiger partial charge in [-0.05, 0) is 58.6 Å². The van der Waals surface area contributed by atoms with Gasteiger partial charge in [-0.2, -0.15) is 0 Å². The number of para-hydroxylation sites is 2. The molecule has 0 saturated carbocycles. The van der Waals surface area contributed by atoms with E-state index in [1.165, 1.54) is 4.57 Å². The van der Waals surface area contributed by atoms with E-state index in [9.17, 15) is 2.74 Å². The molecule has 0 bridgehead atoms. The number of rotatable bonds is 6. The maximum Gasteiger partial charge on any atom is 0.166 e. The smallest absolute Gasteiger partial charge is 0.166 e. The van der Waals surface area contributed by atoms with E-state index in [0.717, 1.165) is 53.6 Å². The Morgan fingerprint density at radius 3 is 1.66 bits per heavy atom. The first kappa shape index (κ1) is 25.0. The van der Waals surface area contributed by atoms with Crippen LogP contribution in [0, 0.1) is 0 Å². The minimum absolute atomic E-state index is 0.00119. The highest BCUT2D eigenvalue weighted by molar-refractivity contribution is 7.25. The minimum Gasteiger partial charge on any atom is -0.309 e. The Morgan fingerprint density at radius 2 is 0.946 bits per heavy atom. The number of hydrogen-bond donors (Lipinski definition) is 0. The fraction of sp³-hybridized carbons (Fsp3) is 0. The molecule has 0 radical (unpaired) electrons. The van der Waals surface area contributed by atoms with Gasteiger partial charge in [0.05, 0.1) is 27.7 Å². The highest BCUT2D eigenvalue weighted by Gasteiger charge is 2.21. The third-order valence-corrected chi connectivity index (χ3v) is 11.3. The summed E-state index contributed by atoms with van der Waals surface area (Å²) in [6.45, 7) is 0. The summed E-state index contributed by atoms with van der Waals surface area (Å²) >= 11 is 1.68. The van der Waals surface area contributed by atoms with E-state index in [2.05, 4.69) is 42.5 Å². The summed E-state index contributed by atoms with van der Waals surface area (Å²) in [6, 6.07) is 44.1. The molecule has 0 atom stereocenters. The molecule has 0 N–H and O–H groups in total. The standard InChI is InChI=1S/C51H32N4S/c1-3-14-33(15-4-1)34-26-28-35(29-27-34)37-30-31-45(55-43-22-10-7-18-38(43)39-19-8-11-23-44(39)55)42(32-37)51-53-49(36-16-5-2-6-17-36)52-50(54-51)41-21-13-25-47-48(41)40-20-9-12-24-46(40)56-47/h1-32H/i7D,8D,10D,11D,18D,19D,22D,23D. The molecule has 4 nitrogen and oxygen atoms in total. The van der Waals surface area contributed by atoms with Crippen LogP contribution in [0.3, 0.4) is 0 Å². The van der Waals surface area contributed by atoms with Crippen molar-refractivity contribution in [3.05, 3.63) is 194 Å². The Balaban J connectivity index is 1.26. The molecule has 0 aliphatic carbocycles. The highest BCUT2D eigenvalue weighted by Crippen LogP contribution is 2.41. The van der Waals surface area contributed by atoms with Gasteiger partial charge >= 0.3 is 0 Å². The van der Waals surface area contributed by atoms with Gasteiger partial charge < -0.3 is 4.57 Å². The number of fused-ring (bicyclic) bond motifs is 6. The molecule has 0 aliphatic rings. The summed E-state index contributed by atoms with van der Waals surface area (Å²) in [5.41, 5.74) is 6.10. The Bertz CT molecular complexity index is 3630. The van der Waals surface area contributed by atoms with Crippen molar-refractivity contribution in [2.24, 2.45) is 0 Å². The molecule has 0 amide bonds. The summed E-state index contributed by atoms with van der Waals surface area (Å²) in [4.78, 5) is 15.5. The molecular formula is C51H32N4S. The predicted molar refractivity (Wildman–Crippen MR) is 234 cm³/mol. The third kappa shape index (κ3) is 5.40. The zero-order valence-corrected chi connectivity index (χ0v) is 30.4. The number of hydrogen-bond acceptors (Lipinski definition) is 4. The topological polar surface area (TPSA) is 43.6 Å². The molecule has 11 aromatic rings. The van der Waals surface area contributed by atoms with E-state index in [4.69, 9.17) is 23.2 Å². The summed E-state index contributed by atoms with van der Waals surface area (Å²) in [5.74, 6) is 1.05. The molecule has 262 valence electrons. The molecule has 0 spiro atoms. The fourth-order valence-electron chi connectivity index (χ4n) is 7.53. The van der Waals surface area contributed by atoms with Gasteiger partial charge in [-0.25, -0.2) is 15.0 Å². The second-order valence-electron chi connectivity index (χ2n) is 13.4. The Kier molecular flexibility index (Phi) is 5.92. The maximum atomic E-state index is 9.29. The second kappa shape index (κ2) is 13.3. The molecule has 0 unspecified atom stereocenters. The lowest BCUT2D eigenvalue weighted by atomic mass is 9.98. The van der Waals surface area contributed by atoms with E-state index < -0.39 is 48.3 Å². The van der Waals surface area contributed by atoms with Crippen molar-refractivity contribution in [3.63, 3.8) is 0 Å². The van der Waals surface area contributed by atoms with Crippen molar-refractivity contribution < 1.29 is 11.0 Å². The van der Waals surface area contributed by atoms with E-state index in [1.807, 2.05) is 97.1 Å². The lowest BCUT2D eigenvalue weighted by Crippen LogP contribution is -2.04. The van der Waals surface area contributed by atoms with Crippen molar-refractivity contribution in [1.29, 1.82) is 0 Å². The van der Waals surface area contributed by atoms with Crippen LogP contribution in [0.5, 0.6) is 0 Å². The van der Waals surface area contributed by atoms with Gasteiger partial charge in [0.1, 0.15) is 0 Å². The first-order valence-corrected chi connectivity index (χ1v) is 18.9. The fourth-order valence-corrected chi connectivity index (χ4v) is 8.66. The van der Waals surface area contributed by atoms with E-state index in [1.54, 1.807) is 17.4 Å². The molecule has 8 aromatic carbocycles. The van der Waals surface area contributed by atoms with Crippen LogP contribution in [0.4, 0.5) is 0 Å². The number of aromatic nitrogens is 4. The largest absolute Gasteiger partial charge is 0.309 e. The number of thiophene rings is 1. The summed E-state index contributed by atoms with van der Waals surface area (Å²) in [7, 11) is 0. The monoisotopic (exact) mass is 740 g/mol. The van der Waals surface area contributed by atoms with Crippen molar-refractivity contribution in [2.75, 3.05) is 0 Å². The maximum absolute atomic E-state index is 9.29. The van der Waals surface area contributed by atoms with Gasteiger partial charge in [-0.15, -0.1) is 11.3 Å². The normalized spacial score (nSPS) is 13.6. The zero-order valence-electron chi connectivity index (χ0n) is 37.6. The first-order valence-electron chi connectivity index (χ1n) is 22.1. The van der Waals surface area contributed by atoms with Crippen LogP contribution in [0.15, 0.2) is 194 Å². The minimum atomic E-state index is -0.511. The lowest BCUT2D eigenvalue weighted by molar-refractivity contribution is 1.07. The van der Waals surface area contributed by atoms with Crippen LogP contribution in [0.2, 0.25) is 0 Å². The van der Waals surface area contributed by atoms with Crippen LogP contribution in [-0.2, 0) is 0 Å². The third-order valence-electron chi connectivity index (χ3n) is 10.1. The SMILES string of the molecule is [2H]c1c([2H])c([2H])c2c(c1[2H])c1c([2H])c([2H])c([2H])c([2H])c1n2-c1ccc(-c2ccc(-c3ccccc3)cc2)cc1-c1nc(-c2ccccc2)nc(-c2cccc3sc4ccccc4c23)n1. The van der Waals surface area contributed by atoms with Crippen molar-refractivity contribution in [1.82, 2.24) is 19.5 Å². The molecule has 0 saturated heterocycles. The van der Waals surface area contributed by atoms with Crippen molar-refractivity contribution in [3.8, 4) is 62.1 Å². The molecule has 3 heterocycles. The Labute approximate surface area is 338 Å². The van der Waals surface area contributed by atoms with Gasteiger partial charge in [0.25, 0.3) is 0 Å². The summed E-state index contributed by atoms with van der Waals surface area (Å²) in [6.07, 6.45) is 0. The van der Waals surface area contributed by atoms with Gasteiger partial charge in [-0.1, -0.05) is 158 Å². The second-order valence-corrected chi connectivity index (χ2v) is 14.5. The zero-order chi connectivity index (χ0) is 44.0. The summed E-state index contributed by atoms with van der Waals surface area (Å²) < 4.78 is 75.3. The van der Waals surface area contributed by atoms with Gasteiger partial charge in [-0.3, -0.25) is 0 Å². The molecule has 0 aliphatic heterocycles. The van der Waals surface area contributed by atoms with Crippen LogP contribution in [-0.4, -0.2) is 19.5 Å². The van der Waals surface area contributed by atoms with Crippen LogP contribution in [0.25, 0.3) is 104 Å². The molecule has 56 heavy (non-hydrogen) atoms. The van der Waals surface area contributed by atoms with E-state index in [0.29, 0.717) is 22.9 Å². The average Bonchev–Trinajstić information content (AvgIpc) is 3.91. The van der Waals surface area contributed by atoms with Gasteiger partial charge in [0.2, 0.25) is 0 Å². The average molecular weight is 741 g/mol. The summed E-state index contributed by atoms with van der Waals surface area (Å²) in [5, 5.41) is 2.03. The molecule has 0 fully saturated rings. The molecule has 3 aromatic heterocycles. The molecular weight excluding hydrogens is 701 g/mol. The van der Waals surface area contributed by atoms with Crippen LogP contribution < -0.4 is 0 Å².